The number of nitriles is 1. The second kappa shape index (κ2) is 8.57. The van der Waals surface area contributed by atoms with Crippen LogP contribution in [-0.4, -0.2) is 29.7 Å². The summed E-state index contributed by atoms with van der Waals surface area (Å²) in [5, 5.41) is 20.2. The molecule has 0 unspecified atom stereocenters. The average Bonchev–Trinajstić information content (AvgIpc) is 3.28. The van der Waals surface area contributed by atoms with E-state index in [0.717, 1.165) is 10.1 Å². The molecule has 0 aliphatic heterocycles. The van der Waals surface area contributed by atoms with Gasteiger partial charge in [0.1, 0.15) is 11.6 Å². The van der Waals surface area contributed by atoms with Crippen LogP contribution in [0.4, 0.5) is 0 Å². The lowest BCUT2D eigenvalue weighted by Crippen LogP contribution is -2.27. The van der Waals surface area contributed by atoms with Gasteiger partial charge in [0.15, 0.2) is 17.3 Å². The third-order valence-corrected chi connectivity index (χ3v) is 4.84. The van der Waals surface area contributed by atoms with Crippen LogP contribution in [0.1, 0.15) is 32.8 Å². The number of hydrogen-bond donors (Lipinski definition) is 1. The quantitative estimate of drug-likeness (QED) is 0.598. The predicted octanol–water partition coefficient (Wildman–Crippen LogP) is 2.82. The summed E-state index contributed by atoms with van der Waals surface area (Å²) in [5.41, 5.74) is -0.0619. The lowest BCUT2D eigenvalue weighted by Gasteiger charge is -2.15. The standard InChI is InChI=1S/C22H20N2O6/c1-13-15(12-23)21(26)24(22(27)19(13)20(25)17-5-4-10-30-17)9-8-14-6-7-16(28-2)18(11-14)29-3/h4-7,10-11,27H,8-9H2,1-3H3. The first-order valence-electron chi connectivity index (χ1n) is 9.08. The van der Waals surface area contributed by atoms with Crippen LogP contribution in [0.3, 0.4) is 0 Å². The van der Waals surface area contributed by atoms with Crippen molar-refractivity contribution in [2.75, 3.05) is 14.2 Å². The number of benzene rings is 1. The zero-order valence-corrected chi connectivity index (χ0v) is 16.8. The van der Waals surface area contributed by atoms with Gasteiger partial charge in [-0.1, -0.05) is 6.07 Å². The smallest absolute Gasteiger partial charge is 0.271 e. The number of pyridine rings is 1. The number of carbonyl (C=O) groups is 1. The Morgan fingerprint density at radius 1 is 1.23 bits per heavy atom. The van der Waals surface area contributed by atoms with Crippen molar-refractivity contribution in [2.45, 2.75) is 19.9 Å². The SMILES string of the molecule is COc1ccc(CCn2c(O)c(C(=O)c3ccco3)c(C)c(C#N)c2=O)cc1OC. The molecule has 0 aliphatic carbocycles. The van der Waals surface area contributed by atoms with Crippen LogP contribution in [0.15, 0.2) is 45.8 Å². The van der Waals surface area contributed by atoms with Crippen LogP contribution in [0, 0.1) is 18.3 Å². The van der Waals surface area contributed by atoms with Gasteiger partial charge in [-0.05, 0) is 48.7 Å². The zero-order valence-electron chi connectivity index (χ0n) is 16.8. The number of aryl methyl sites for hydroxylation is 1. The Balaban J connectivity index is 2.03. The van der Waals surface area contributed by atoms with Crippen molar-refractivity contribution in [3.63, 3.8) is 0 Å². The van der Waals surface area contributed by atoms with Gasteiger partial charge in [-0.25, -0.2) is 0 Å². The zero-order chi connectivity index (χ0) is 21.8. The Bertz CT molecular complexity index is 1190. The molecule has 8 heteroatoms. The molecule has 0 aliphatic rings. The number of ether oxygens (including phenoxy) is 2. The second-order valence-electron chi connectivity index (χ2n) is 6.51. The van der Waals surface area contributed by atoms with Crippen LogP contribution >= 0.6 is 0 Å². The number of methoxy groups -OCH3 is 2. The summed E-state index contributed by atoms with van der Waals surface area (Å²) < 4.78 is 16.6. The number of nitrogens with zero attached hydrogens (tertiary/aromatic N) is 2. The number of carbonyl (C=O) groups excluding carboxylic acids is 1. The Labute approximate surface area is 172 Å². The highest BCUT2D eigenvalue weighted by molar-refractivity contribution is 6.09. The fraction of sp³-hybridized carbons (Fsp3) is 0.227. The molecule has 1 N–H and O–H groups in total. The maximum absolute atomic E-state index is 12.8. The molecule has 0 amide bonds. The first-order chi connectivity index (χ1) is 14.4. The van der Waals surface area contributed by atoms with Crippen molar-refractivity contribution < 1.29 is 23.8 Å². The van der Waals surface area contributed by atoms with Gasteiger partial charge in [-0.15, -0.1) is 0 Å². The highest BCUT2D eigenvalue weighted by atomic mass is 16.5. The van der Waals surface area contributed by atoms with Gasteiger partial charge in [0.05, 0.1) is 26.0 Å². The predicted molar refractivity (Wildman–Crippen MR) is 107 cm³/mol. The van der Waals surface area contributed by atoms with E-state index >= 15 is 0 Å². The Hall–Kier alpha value is -3.99. The van der Waals surface area contributed by atoms with Crippen molar-refractivity contribution in [3.8, 4) is 23.4 Å². The Morgan fingerprint density at radius 2 is 1.97 bits per heavy atom. The van der Waals surface area contributed by atoms with Crippen LogP contribution in [0.2, 0.25) is 0 Å². The molecule has 0 saturated heterocycles. The van der Waals surface area contributed by atoms with E-state index < -0.39 is 17.2 Å². The van der Waals surface area contributed by atoms with Gasteiger partial charge >= 0.3 is 0 Å². The number of aromatic hydroxyl groups is 1. The molecular weight excluding hydrogens is 388 g/mol. The van der Waals surface area contributed by atoms with Gasteiger partial charge in [-0.2, -0.15) is 5.26 Å². The normalized spacial score (nSPS) is 10.5. The van der Waals surface area contributed by atoms with Gasteiger partial charge < -0.3 is 19.0 Å². The molecule has 154 valence electrons. The molecule has 0 spiro atoms. The fourth-order valence-electron chi connectivity index (χ4n) is 3.24. The molecule has 0 atom stereocenters. The Kier molecular flexibility index (Phi) is 5.93. The minimum absolute atomic E-state index is 0.00220. The molecule has 3 rings (SSSR count). The molecule has 0 saturated carbocycles. The number of furan rings is 1. The van der Waals surface area contributed by atoms with Gasteiger partial charge in [0.2, 0.25) is 11.7 Å². The van der Waals surface area contributed by atoms with E-state index in [0.29, 0.717) is 17.9 Å². The molecule has 30 heavy (non-hydrogen) atoms. The van der Waals surface area contributed by atoms with E-state index in [2.05, 4.69) is 0 Å². The fourth-order valence-corrected chi connectivity index (χ4v) is 3.24. The van der Waals surface area contributed by atoms with E-state index in [1.807, 2.05) is 6.07 Å². The summed E-state index contributed by atoms with van der Waals surface area (Å²) in [5.74, 6) is -0.0105. The summed E-state index contributed by atoms with van der Waals surface area (Å²) in [4.78, 5) is 25.5. The molecule has 2 heterocycles. The van der Waals surface area contributed by atoms with Crippen molar-refractivity contribution in [1.82, 2.24) is 4.57 Å². The maximum atomic E-state index is 12.8. The molecule has 0 bridgehead atoms. The topological polar surface area (TPSA) is 115 Å². The first kappa shape index (κ1) is 20.7. The lowest BCUT2D eigenvalue weighted by molar-refractivity contribution is 0.100. The number of rotatable bonds is 7. The summed E-state index contributed by atoms with van der Waals surface area (Å²) in [6.07, 6.45) is 1.67. The molecule has 2 aromatic heterocycles. The molecule has 0 fully saturated rings. The first-order valence-corrected chi connectivity index (χ1v) is 9.08. The molecule has 0 radical (unpaired) electrons. The average molecular weight is 408 g/mol. The second-order valence-corrected chi connectivity index (χ2v) is 6.51. The molecular formula is C22H20N2O6. The van der Waals surface area contributed by atoms with Crippen molar-refractivity contribution in [3.05, 3.63) is 75.0 Å². The molecule has 1 aromatic carbocycles. The van der Waals surface area contributed by atoms with Crippen LogP contribution in [0.5, 0.6) is 17.4 Å². The minimum Gasteiger partial charge on any atom is -0.494 e. The van der Waals surface area contributed by atoms with Crippen LogP contribution in [0.25, 0.3) is 0 Å². The van der Waals surface area contributed by atoms with E-state index in [9.17, 15) is 20.0 Å². The largest absolute Gasteiger partial charge is 0.494 e. The third-order valence-electron chi connectivity index (χ3n) is 4.84. The maximum Gasteiger partial charge on any atom is 0.271 e. The van der Waals surface area contributed by atoms with E-state index in [1.165, 1.54) is 39.5 Å². The molecule has 8 nitrogen and oxygen atoms in total. The van der Waals surface area contributed by atoms with Crippen molar-refractivity contribution in [1.29, 1.82) is 5.26 Å². The van der Waals surface area contributed by atoms with Crippen LogP contribution < -0.4 is 15.0 Å². The number of hydrogen-bond acceptors (Lipinski definition) is 7. The van der Waals surface area contributed by atoms with Crippen molar-refractivity contribution in [2.24, 2.45) is 0 Å². The third kappa shape index (κ3) is 3.65. The number of ketones is 1. The van der Waals surface area contributed by atoms with E-state index in [-0.39, 0.29) is 29.0 Å². The summed E-state index contributed by atoms with van der Waals surface area (Å²) >= 11 is 0. The summed E-state index contributed by atoms with van der Waals surface area (Å²) in [7, 11) is 3.05. The van der Waals surface area contributed by atoms with Gasteiger partial charge in [0.25, 0.3) is 5.56 Å². The van der Waals surface area contributed by atoms with Crippen LogP contribution in [-0.2, 0) is 13.0 Å². The van der Waals surface area contributed by atoms with Gasteiger partial charge in [0, 0.05) is 6.54 Å². The lowest BCUT2D eigenvalue weighted by atomic mass is 10.00. The highest BCUT2D eigenvalue weighted by Crippen LogP contribution is 2.29. The summed E-state index contributed by atoms with van der Waals surface area (Å²) in [6.45, 7) is 1.50. The Morgan fingerprint density at radius 3 is 2.57 bits per heavy atom. The van der Waals surface area contributed by atoms with E-state index in [1.54, 1.807) is 18.2 Å². The summed E-state index contributed by atoms with van der Waals surface area (Å²) in [6, 6.07) is 10.1. The number of aromatic nitrogens is 1. The van der Waals surface area contributed by atoms with Crippen molar-refractivity contribution >= 4 is 5.78 Å². The minimum atomic E-state index is -0.663. The molecule has 3 aromatic rings. The monoisotopic (exact) mass is 408 g/mol. The highest BCUT2D eigenvalue weighted by Gasteiger charge is 2.26. The van der Waals surface area contributed by atoms with E-state index in [4.69, 9.17) is 13.9 Å². The van der Waals surface area contributed by atoms with Gasteiger partial charge in [-0.3, -0.25) is 14.2 Å².